The first kappa shape index (κ1) is 17.9. The van der Waals surface area contributed by atoms with Gasteiger partial charge in [-0.15, -0.1) is 0 Å². The minimum atomic E-state index is 0.341. The van der Waals surface area contributed by atoms with E-state index in [1.165, 1.54) is 37.7 Å². The van der Waals surface area contributed by atoms with E-state index in [9.17, 15) is 4.79 Å². The van der Waals surface area contributed by atoms with Gasteiger partial charge in [-0.1, -0.05) is 20.3 Å². The Kier molecular flexibility index (Phi) is 4.79. The lowest BCUT2D eigenvalue weighted by atomic mass is 9.47. The summed E-state index contributed by atoms with van der Waals surface area (Å²) >= 11 is 0. The fourth-order valence-corrected chi connectivity index (χ4v) is 5.53. The van der Waals surface area contributed by atoms with Crippen molar-refractivity contribution in [1.29, 1.82) is 0 Å². The zero-order chi connectivity index (χ0) is 18.3. The lowest BCUT2D eigenvalue weighted by Crippen LogP contribution is -2.48. The van der Waals surface area contributed by atoms with Crippen LogP contribution in [0.25, 0.3) is 0 Å². The zero-order valence-electron chi connectivity index (χ0n) is 16.6. The maximum Gasteiger partial charge on any atom is 0.225 e. The number of hydrogen-bond acceptors (Lipinski definition) is 4. The molecule has 4 nitrogen and oxygen atoms in total. The number of anilines is 1. The number of carbonyl (C=O) groups is 1. The molecule has 1 aromatic rings. The summed E-state index contributed by atoms with van der Waals surface area (Å²) in [6.45, 7) is 8.61. The van der Waals surface area contributed by atoms with Crippen LogP contribution in [0.2, 0.25) is 0 Å². The van der Waals surface area contributed by atoms with Crippen LogP contribution in [0.3, 0.4) is 0 Å². The second kappa shape index (κ2) is 6.94. The molecule has 0 amide bonds. The van der Waals surface area contributed by atoms with Crippen LogP contribution in [0, 0.1) is 23.2 Å². The number of aromatic nitrogens is 2. The van der Waals surface area contributed by atoms with Gasteiger partial charge in [0.25, 0.3) is 0 Å². The largest absolute Gasteiger partial charge is 0.341 e. The Morgan fingerprint density at radius 2 is 1.81 bits per heavy atom. The average Bonchev–Trinajstić information content (AvgIpc) is 2.59. The molecule has 1 aromatic heterocycles. The van der Waals surface area contributed by atoms with Gasteiger partial charge in [0, 0.05) is 31.4 Å². The summed E-state index contributed by atoms with van der Waals surface area (Å²) in [5.74, 6) is 3.93. The van der Waals surface area contributed by atoms with Crippen LogP contribution in [0.1, 0.15) is 77.2 Å². The van der Waals surface area contributed by atoms with Crippen molar-refractivity contribution in [3.05, 3.63) is 18.0 Å². The second-order valence-electron chi connectivity index (χ2n) is 9.35. The van der Waals surface area contributed by atoms with Crippen LogP contribution < -0.4 is 4.90 Å². The molecule has 4 heteroatoms. The fraction of sp³-hybridized carbons (Fsp3) is 0.773. The topological polar surface area (TPSA) is 46.1 Å². The molecule has 142 valence electrons. The summed E-state index contributed by atoms with van der Waals surface area (Å²) in [6.07, 6.45) is 12.6. The van der Waals surface area contributed by atoms with E-state index in [1.54, 1.807) is 6.92 Å². The van der Waals surface area contributed by atoms with Gasteiger partial charge in [-0.2, -0.15) is 0 Å². The predicted molar refractivity (Wildman–Crippen MR) is 104 cm³/mol. The molecule has 4 rings (SSSR count). The molecule has 1 spiro atoms. The first-order valence-corrected chi connectivity index (χ1v) is 10.6. The standard InChI is InChI=1S/C22H33N3O/c1-4-15(2)17-5-7-25(8-6-17)21-23-13-20(14-24-21)19-11-22(12-19)9-18(10-22)16(3)26/h13-15,17-19H,4-12H2,1-3H3/t15?,18-,19-,22?. The molecular formula is C22H33N3O. The molecule has 1 unspecified atom stereocenters. The maximum atomic E-state index is 11.4. The highest BCUT2D eigenvalue weighted by Crippen LogP contribution is 2.64. The van der Waals surface area contributed by atoms with Crippen molar-refractivity contribution in [3.63, 3.8) is 0 Å². The Morgan fingerprint density at radius 1 is 1.19 bits per heavy atom. The number of rotatable bonds is 5. The summed E-state index contributed by atoms with van der Waals surface area (Å²) in [4.78, 5) is 23.2. The van der Waals surface area contributed by atoms with Gasteiger partial charge in [-0.25, -0.2) is 9.97 Å². The Hall–Kier alpha value is -1.45. The van der Waals surface area contributed by atoms with Crippen molar-refractivity contribution < 1.29 is 4.79 Å². The smallest absolute Gasteiger partial charge is 0.225 e. The third kappa shape index (κ3) is 3.27. The Balaban J connectivity index is 1.28. The minimum absolute atomic E-state index is 0.341. The minimum Gasteiger partial charge on any atom is -0.341 e. The number of nitrogens with zero attached hydrogens (tertiary/aromatic N) is 3. The van der Waals surface area contributed by atoms with Crippen molar-refractivity contribution in [2.45, 2.75) is 71.6 Å². The van der Waals surface area contributed by atoms with Crippen molar-refractivity contribution >= 4 is 11.7 Å². The van der Waals surface area contributed by atoms with Gasteiger partial charge in [-0.05, 0) is 74.2 Å². The molecule has 2 saturated carbocycles. The first-order chi connectivity index (χ1) is 12.5. The lowest BCUT2D eigenvalue weighted by Gasteiger charge is -2.57. The van der Waals surface area contributed by atoms with Crippen LogP contribution in [0.15, 0.2) is 12.4 Å². The second-order valence-corrected chi connectivity index (χ2v) is 9.35. The Labute approximate surface area is 157 Å². The van der Waals surface area contributed by atoms with Gasteiger partial charge in [0.15, 0.2) is 0 Å². The quantitative estimate of drug-likeness (QED) is 0.774. The highest BCUT2D eigenvalue weighted by atomic mass is 16.1. The number of piperidine rings is 1. The van der Waals surface area contributed by atoms with E-state index in [0.29, 0.717) is 23.0 Å². The summed E-state index contributed by atoms with van der Waals surface area (Å²) < 4.78 is 0. The van der Waals surface area contributed by atoms with Crippen molar-refractivity contribution in [3.8, 4) is 0 Å². The van der Waals surface area contributed by atoms with Gasteiger partial charge in [0.05, 0.1) is 0 Å². The molecule has 1 atom stereocenters. The highest BCUT2D eigenvalue weighted by Gasteiger charge is 2.54. The third-order valence-electron chi connectivity index (χ3n) is 7.69. The number of carbonyl (C=O) groups excluding carboxylic acids is 1. The Bertz CT molecular complexity index is 634. The van der Waals surface area contributed by atoms with Gasteiger partial charge in [0.2, 0.25) is 5.95 Å². The van der Waals surface area contributed by atoms with Crippen LogP contribution in [0.4, 0.5) is 5.95 Å². The van der Waals surface area contributed by atoms with Crippen LogP contribution in [0.5, 0.6) is 0 Å². The molecule has 0 radical (unpaired) electrons. The summed E-state index contributed by atoms with van der Waals surface area (Å²) in [5.41, 5.74) is 1.76. The van der Waals surface area contributed by atoms with Crippen LogP contribution in [-0.2, 0) is 4.79 Å². The summed E-state index contributed by atoms with van der Waals surface area (Å²) in [5, 5.41) is 0. The maximum absolute atomic E-state index is 11.4. The van der Waals surface area contributed by atoms with E-state index < -0.39 is 0 Å². The molecule has 1 saturated heterocycles. The monoisotopic (exact) mass is 355 g/mol. The average molecular weight is 356 g/mol. The zero-order valence-corrected chi connectivity index (χ0v) is 16.6. The van der Waals surface area contributed by atoms with E-state index in [1.807, 2.05) is 0 Å². The molecule has 2 heterocycles. The normalized spacial score (nSPS) is 32.8. The predicted octanol–water partition coefficient (Wildman–Crippen LogP) is 4.60. The van der Waals surface area contributed by atoms with E-state index in [-0.39, 0.29) is 0 Å². The SMILES string of the molecule is CCC(C)C1CCN(c2ncc([C@H]3CC4(C[C@H](C(C)=O)C4)C3)cn2)CC1. The molecule has 0 N–H and O–H groups in total. The van der Waals surface area contributed by atoms with E-state index in [4.69, 9.17) is 9.97 Å². The van der Waals surface area contributed by atoms with Gasteiger partial charge in [0.1, 0.15) is 5.78 Å². The van der Waals surface area contributed by atoms with Gasteiger partial charge < -0.3 is 4.90 Å². The molecule has 3 aliphatic rings. The third-order valence-corrected chi connectivity index (χ3v) is 7.69. The summed E-state index contributed by atoms with van der Waals surface area (Å²) in [7, 11) is 0. The lowest BCUT2D eigenvalue weighted by molar-refractivity contribution is -0.133. The molecule has 1 aliphatic heterocycles. The fourth-order valence-electron chi connectivity index (χ4n) is 5.53. The van der Waals surface area contributed by atoms with E-state index >= 15 is 0 Å². The number of hydrogen-bond donors (Lipinski definition) is 0. The molecular weight excluding hydrogens is 322 g/mol. The molecule has 0 bridgehead atoms. The summed E-state index contributed by atoms with van der Waals surface area (Å²) in [6, 6.07) is 0. The van der Waals surface area contributed by atoms with Gasteiger partial charge in [-0.3, -0.25) is 4.79 Å². The number of ketones is 1. The Morgan fingerprint density at radius 3 is 2.35 bits per heavy atom. The van der Waals surface area contributed by atoms with E-state index in [0.717, 1.165) is 43.7 Å². The van der Waals surface area contributed by atoms with Crippen LogP contribution >= 0.6 is 0 Å². The molecule has 0 aromatic carbocycles. The molecule has 2 aliphatic carbocycles. The number of Topliss-reactive ketones (excluding diaryl/α,β-unsaturated/α-hetero) is 1. The molecule has 3 fully saturated rings. The van der Waals surface area contributed by atoms with Gasteiger partial charge >= 0.3 is 0 Å². The van der Waals surface area contributed by atoms with Crippen molar-refractivity contribution in [2.24, 2.45) is 23.2 Å². The van der Waals surface area contributed by atoms with Crippen LogP contribution in [-0.4, -0.2) is 28.8 Å². The van der Waals surface area contributed by atoms with Crippen molar-refractivity contribution in [2.75, 3.05) is 18.0 Å². The molecule has 26 heavy (non-hydrogen) atoms. The van der Waals surface area contributed by atoms with E-state index in [2.05, 4.69) is 31.1 Å². The highest BCUT2D eigenvalue weighted by molar-refractivity contribution is 5.79. The first-order valence-electron chi connectivity index (χ1n) is 10.6. The van der Waals surface area contributed by atoms with Crippen molar-refractivity contribution in [1.82, 2.24) is 9.97 Å².